The Kier molecular flexibility index (Phi) is 4.27. The number of carbonyl (C=O) groups excluding carboxylic acids is 1. The minimum Gasteiger partial charge on any atom is -0.299 e. The Hall–Kier alpha value is -1.74. The van der Waals surface area contributed by atoms with E-state index in [0.29, 0.717) is 11.1 Å². The molecule has 2 aromatic carbocycles. The van der Waals surface area contributed by atoms with E-state index in [2.05, 4.69) is 0 Å². The summed E-state index contributed by atoms with van der Waals surface area (Å²) in [6.07, 6.45) is 0.0549. The molecule has 0 aromatic heterocycles. The van der Waals surface area contributed by atoms with Crippen molar-refractivity contribution in [2.45, 2.75) is 12.8 Å². The molecule has 2 rings (SSSR count). The van der Waals surface area contributed by atoms with Gasteiger partial charge in [0.15, 0.2) is 0 Å². The van der Waals surface area contributed by atoms with Crippen LogP contribution < -0.4 is 0 Å². The Morgan fingerprint density at radius 3 is 2.42 bits per heavy atom. The number of Topliss-reactive ketones (excluding diaryl/α,β-unsaturated/α-hetero) is 1. The highest BCUT2D eigenvalue weighted by atomic mass is 35.5. The summed E-state index contributed by atoms with van der Waals surface area (Å²) in [6, 6.07) is 10.3. The molecule has 0 saturated heterocycles. The zero-order valence-corrected chi connectivity index (χ0v) is 10.8. The van der Waals surface area contributed by atoms with Crippen LogP contribution in [0.5, 0.6) is 0 Å². The molecule has 0 bridgehead atoms. The Morgan fingerprint density at radius 1 is 1.00 bits per heavy atom. The lowest BCUT2D eigenvalue weighted by Crippen LogP contribution is -2.08. The molecule has 19 heavy (non-hydrogen) atoms. The monoisotopic (exact) mass is 280 g/mol. The van der Waals surface area contributed by atoms with Crippen molar-refractivity contribution in [2.75, 3.05) is 0 Å². The number of hydrogen-bond donors (Lipinski definition) is 0. The SMILES string of the molecule is O=C(Cc1ccc(Cl)c(F)c1)Cc1ccccc1F. The van der Waals surface area contributed by atoms with Crippen LogP contribution in [0, 0.1) is 11.6 Å². The standard InChI is InChI=1S/C15H11ClF2O/c16-13-6-5-10(8-15(13)18)7-12(19)9-11-3-1-2-4-14(11)17/h1-6,8H,7,9H2. The average Bonchev–Trinajstić information content (AvgIpc) is 2.37. The number of halogens is 3. The van der Waals surface area contributed by atoms with Crippen LogP contribution in [-0.4, -0.2) is 5.78 Å². The lowest BCUT2D eigenvalue weighted by molar-refractivity contribution is -0.117. The average molecular weight is 281 g/mol. The fraction of sp³-hybridized carbons (Fsp3) is 0.133. The Labute approximate surface area is 114 Å². The van der Waals surface area contributed by atoms with Gasteiger partial charge in [-0.2, -0.15) is 0 Å². The first-order valence-electron chi connectivity index (χ1n) is 5.75. The molecule has 0 spiro atoms. The zero-order valence-electron chi connectivity index (χ0n) is 10.00. The highest BCUT2D eigenvalue weighted by Crippen LogP contribution is 2.16. The maximum atomic E-state index is 13.4. The predicted octanol–water partition coefficient (Wildman–Crippen LogP) is 3.97. The van der Waals surface area contributed by atoms with Crippen LogP contribution in [0.1, 0.15) is 11.1 Å². The van der Waals surface area contributed by atoms with Crippen LogP contribution in [0.4, 0.5) is 8.78 Å². The van der Waals surface area contributed by atoms with Crippen LogP contribution in [-0.2, 0) is 17.6 Å². The van der Waals surface area contributed by atoms with Crippen molar-refractivity contribution in [2.24, 2.45) is 0 Å². The van der Waals surface area contributed by atoms with Gasteiger partial charge in [0.05, 0.1) is 5.02 Å². The summed E-state index contributed by atoms with van der Waals surface area (Å²) in [6.45, 7) is 0. The first-order valence-corrected chi connectivity index (χ1v) is 6.13. The molecule has 0 amide bonds. The second-order valence-electron chi connectivity index (χ2n) is 4.23. The number of hydrogen-bond acceptors (Lipinski definition) is 1. The van der Waals surface area contributed by atoms with Crippen LogP contribution in [0.15, 0.2) is 42.5 Å². The largest absolute Gasteiger partial charge is 0.299 e. The van der Waals surface area contributed by atoms with E-state index in [0.717, 1.165) is 0 Å². The first kappa shape index (κ1) is 13.7. The first-order chi connectivity index (χ1) is 9.06. The minimum absolute atomic E-state index is 0.00306. The van der Waals surface area contributed by atoms with Crippen molar-refractivity contribution in [3.8, 4) is 0 Å². The summed E-state index contributed by atoms with van der Waals surface area (Å²) in [4.78, 5) is 11.8. The van der Waals surface area contributed by atoms with E-state index in [9.17, 15) is 13.6 Å². The van der Waals surface area contributed by atoms with E-state index in [-0.39, 0.29) is 23.6 Å². The van der Waals surface area contributed by atoms with E-state index in [1.165, 1.54) is 18.2 Å². The molecule has 0 saturated carbocycles. The third kappa shape index (κ3) is 3.61. The predicted molar refractivity (Wildman–Crippen MR) is 70.2 cm³/mol. The molecule has 0 fully saturated rings. The summed E-state index contributed by atoms with van der Waals surface area (Å²) < 4.78 is 26.6. The van der Waals surface area contributed by atoms with Gasteiger partial charge in [-0.25, -0.2) is 8.78 Å². The summed E-state index contributed by atoms with van der Waals surface area (Å²) in [7, 11) is 0. The number of rotatable bonds is 4. The fourth-order valence-corrected chi connectivity index (χ4v) is 1.91. The van der Waals surface area contributed by atoms with E-state index in [1.807, 2.05) is 0 Å². The summed E-state index contributed by atoms with van der Waals surface area (Å²) in [5.41, 5.74) is 0.880. The van der Waals surface area contributed by atoms with Crippen LogP contribution >= 0.6 is 11.6 Å². The number of benzene rings is 2. The van der Waals surface area contributed by atoms with Crippen molar-refractivity contribution < 1.29 is 13.6 Å². The maximum absolute atomic E-state index is 13.4. The Morgan fingerprint density at radius 2 is 1.74 bits per heavy atom. The molecule has 0 aliphatic rings. The molecule has 0 aliphatic heterocycles. The van der Waals surface area contributed by atoms with Gasteiger partial charge in [0.2, 0.25) is 0 Å². The number of carbonyl (C=O) groups is 1. The normalized spacial score (nSPS) is 10.5. The molecule has 0 heterocycles. The lowest BCUT2D eigenvalue weighted by atomic mass is 10.0. The summed E-state index contributed by atoms with van der Waals surface area (Å²) >= 11 is 5.56. The van der Waals surface area contributed by atoms with Crippen molar-refractivity contribution >= 4 is 17.4 Å². The smallest absolute Gasteiger partial charge is 0.142 e. The van der Waals surface area contributed by atoms with Gasteiger partial charge < -0.3 is 0 Å². The molecular weight excluding hydrogens is 270 g/mol. The van der Waals surface area contributed by atoms with E-state index in [1.54, 1.807) is 24.3 Å². The topological polar surface area (TPSA) is 17.1 Å². The summed E-state index contributed by atoms with van der Waals surface area (Å²) in [5.74, 6) is -1.14. The molecule has 0 atom stereocenters. The second-order valence-corrected chi connectivity index (χ2v) is 4.64. The van der Waals surface area contributed by atoms with Crippen LogP contribution in [0.25, 0.3) is 0 Å². The molecule has 0 unspecified atom stereocenters. The molecular formula is C15H11ClF2O. The van der Waals surface area contributed by atoms with Crippen molar-refractivity contribution in [1.29, 1.82) is 0 Å². The van der Waals surface area contributed by atoms with Crippen molar-refractivity contribution in [1.82, 2.24) is 0 Å². The molecule has 2 aromatic rings. The highest BCUT2D eigenvalue weighted by molar-refractivity contribution is 6.30. The molecule has 4 heteroatoms. The Balaban J connectivity index is 2.05. The third-order valence-corrected chi connectivity index (χ3v) is 3.04. The van der Waals surface area contributed by atoms with E-state index >= 15 is 0 Å². The third-order valence-electron chi connectivity index (χ3n) is 2.73. The lowest BCUT2D eigenvalue weighted by Gasteiger charge is -2.04. The molecule has 0 radical (unpaired) electrons. The zero-order chi connectivity index (χ0) is 13.8. The van der Waals surface area contributed by atoms with Gasteiger partial charge >= 0.3 is 0 Å². The quantitative estimate of drug-likeness (QED) is 0.828. The van der Waals surface area contributed by atoms with Gasteiger partial charge in [-0.15, -0.1) is 0 Å². The van der Waals surface area contributed by atoms with Crippen molar-refractivity contribution in [3.63, 3.8) is 0 Å². The van der Waals surface area contributed by atoms with Crippen LogP contribution in [0.3, 0.4) is 0 Å². The van der Waals surface area contributed by atoms with Crippen molar-refractivity contribution in [3.05, 3.63) is 70.2 Å². The van der Waals surface area contributed by atoms with Gasteiger partial charge in [0.25, 0.3) is 0 Å². The number of ketones is 1. The van der Waals surface area contributed by atoms with Gasteiger partial charge in [-0.1, -0.05) is 35.9 Å². The molecule has 0 N–H and O–H groups in total. The van der Waals surface area contributed by atoms with Gasteiger partial charge in [0, 0.05) is 12.8 Å². The maximum Gasteiger partial charge on any atom is 0.142 e. The Bertz CT molecular complexity index is 611. The fourth-order valence-electron chi connectivity index (χ4n) is 1.79. The second kappa shape index (κ2) is 5.93. The van der Waals surface area contributed by atoms with Gasteiger partial charge in [0.1, 0.15) is 17.4 Å². The molecule has 98 valence electrons. The van der Waals surface area contributed by atoms with Gasteiger partial charge in [-0.05, 0) is 29.3 Å². The minimum atomic E-state index is -0.558. The molecule has 1 nitrogen and oxygen atoms in total. The van der Waals surface area contributed by atoms with E-state index in [4.69, 9.17) is 11.6 Å². The van der Waals surface area contributed by atoms with Crippen LogP contribution in [0.2, 0.25) is 5.02 Å². The highest BCUT2D eigenvalue weighted by Gasteiger charge is 2.10. The molecule has 0 aliphatic carbocycles. The van der Waals surface area contributed by atoms with E-state index < -0.39 is 11.6 Å². The van der Waals surface area contributed by atoms with Gasteiger partial charge in [-0.3, -0.25) is 4.79 Å². The summed E-state index contributed by atoms with van der Waals surface area (Å²) in [5, 5.41) is 0.0188.